The highest BCUT2D eigenvalue weighted by atomic mass is 19.4. The summed E-state index contributed by atoms with van der Waals surface area (Å²) < 4.78 is 41.3. The molecule has 1 aliphatic rings. The van der Waals surface area contributed by atoms with E-state index >= 15 is 0 Å². The van der Waals surface area contributed by atoms with Crippen LogP contribution in [0.5, 0.6) is 5.88 Å². The van der Waals surface area contributed by atoms with E-state index in [2.05, 4.69) is 9.97 Å². The van der Waals surface area contributed by atoms with Gasteiger partial charge in [0.05, 0.1) is 19.1 Å². The van der Waals surface area contributed by atoms with E-state index in [0.29, 0.717) is 12.1 Å². The third-order valence-electron chi connectivity index (χ3n) is 4.08. The van der Waals surface area contributed by atoms with Crippen LogP contribution in [0.1, 0.15) is 40.9 Å². The van der Waals surface area contributed by atoms with Crippen molar-refractivity contribution in [3.05, 3.63) is 53.5 Å². The summed E-state index contributed by atoms with van der Waals surface area (Å²) >= 11 is 0. The molecule has 0 N–H and O–H groups in total. The third-order valence-corrected chi connectivity index (χ3v) is 4.08. The number of nitrogens with zero attached hydrogens (tertiary/aromatic N) is 3. The third kappa shape index (κ3) is 3.89. The molecule has 2 aromatic rings. The fraction of sp³-hybridized carbons (Fsp3) is 0.353. The van der Waals surface area contributed by atoms with Crippen molar-refractivity contribution in [1.29, 1.82) is 0 Å². The van der Waals surface area contributed by atoms with Gasteiger partial charge in [-0.3, -0.25) is 9.78 Å². The van der Waals surface area contributed by atoms with Crippen LogP contribution in [0.3, 0.4) is 0 Å². The molecule has 0 fully saturated rings. The van der Waals surface area contributed by atoms with Crippen molar-refractivity contribution in [1.82, 2.24) is 14.9 Å². The van der Waals surface area contributed by atoms with Crippen LogP contribution in [-0.4, -0.2) is 33.6 Å². The van der Waals surface area contributed by atoms with Gasteiger partial charge in [0.15, 0.2) is 0 Å². The number of amides is 1. The van der Waals surface area contributed by atoms with Gasteiger partial charge < -0.3 is 9.64 Å². The van der Waals surface area contributed by atoms with E-state index in [0.717, 1.165) is 11.1 Å². The predicted molar refractivity (Wildman–Crippen MR) is 82.9 cm³/mol. The molecule has 0 aliphatic carbocycles. The molecule has 0 spiro atoms. The Morgan fingerprint density at radius 1 is 1.28 bits per heavy atom. The van der Waals surface area contributed by atoms with Crippen LogP contribution in [0, 0.1) is 0 Å². The van der Waals surface area contributed by atoms with Crippen molar-refractivity contribution in [2.24, 2.45) is 0 Å². The molecule has 8 heteroatoms. The van der Waals surface area contributed by atoms with Crippen LogP contribution in [0.2, 0.25) is 0 Å². The van der Waals surface area contributed by atoms with E-state index in [9.17, 15) is 18.0 Å². The summed E-state index contributed by atoms with van der Waals surface area (Å²) in [5, 5.41) is 0. The number of rotatable bonds is 5. The summed E-state index contributed by atoms with van der Waals surface area (Å²) in [6.45, 7) is 1.86. The monoisotopic (exact) mass is 351 g/mol. The quantitative estimate of drug-likeness (QED) is 0.827. The smallest absolute Gasteiger partial charge is 0.392 e. The first-order chi connectivity index (χ1) is 11.8. The van der Waals surface area contributed by atoms with E-state index in [1.54, 1.807) is 29.4 Å². The Balaban J connectivity index is 1.64. The minimum absolute atomic E-state index is 0.0737. The number of carbonyl (C=O) groups is 1. The number of hydrogen-bond donors (Lipinski definition) is 0. The molecule has 3 heterocycles. The van der Waals surface area contributed by atoms with Gasteiger partial charge in [-0.05, 0) is 18.6 Å². The highest BCUT2D eigenvalue weighted by molar-refractivity contribution is 5.98. The first-order valence-corrected chi connectivity index (χ1v) is 7.74. The zero-order valence-electron chi connectivity index (χ0n) is 13.5. The zero-order chi connectivity index (χ0) is 18.0. The van der Waals surface area contributed by atoms with E-state index < -0.39 is 19.2 Å². The van der Waals surface area contributed by atoms with Gasteiger partial charge in [-0.2, -0.15) is 13.2 Å². The Hall–Kier alpha value is -2.64. The minimum atomic E-state index is -4.26. The molecule has 5 nitrogen and oxygen atoms in total. The number of pyridine rings is 2. The second kappa shape index (κ2) is 6.70. The molecule has 25 heavy (non-hydrogen) atoms. The number of carbonyl (C=O) groups excluding carboxylic acids is 1. The molecular weight excluding hydrogens is 335 g/mol. The molecule has 2 aromatic heterocycles. The first kappa shape index (κ1) is 17.2. The minimum Gasteiger partial charge on any atom is -0.477 e. The Labute approximate surface area is 142 Å². The molecule has 0 saturated carbocycles. The van der Waals surface area contributed by atoms with Gasteiger partial charge in [0.1, 0.15) is 0 Å². The average Bonchev–Trinajstić information content (AvgIpc) is 2.91. The van der Waals surface area contributed by atoms with Crippen LogP contribution in [-0.2, 0) is 6.54 Å². The van der Waals surface area contributed by atoms with Crippen molar-refractivity contribution in [2.75, 3.05) is 6.61 Å². The summed E-state index contributed by atoms with van der Waals surface area (Å²) in [7, 11) is 0. The van der Waals surface area contributed by atoms with E-state index in [1.807, 2.05) is 6.92 Å². The van der Waals surface area contributed by atoms with Gasteiger partial charge in [0.25, 0.3) is 5.91 Å². The molecule has 132 valence electrons. The topological polar surface area (TPSA) is 55.3 Å². The van der Waals surface area contributed by atoms with Crippen LogP contribution in [0.25, 0.3) is 0 Å². The summed E-state index contributed by atoms with van der Waals surface area (Å²) in [6.07, 6.45) is -0.507. The second-order valence-electron chi connectivity index (χ2n) is 5.79. The maximum atomic E-state index is 12.5. The van der Waals surface area contributed by atoms with Crippen molar-refractivity contribution in [3.63, 3.8) is 0 Å². The summed E-state index contributed by atoms with van der Waals surface area (Å²) in [6, 6.07) is 4.68. The molecule has 1 amide bonds. The second-order valence-corrected chi connectivity index (χ2v) is 5.79. The maximum absolute atomic E-state index is 12.5. The van der Waals surface area contributed by atoms with Gasteiger partial charge in [0.2, 0.25) is 5.88 Å². The van der Waals surface area contributed by atoms with Crippen molar-refractivity contribution in [2.45, 2.75) is 32.1 Å². The van der Waals surface area contributed by atoms with Gasteiger partial charge in [-0.25, -0.2) is 4.98 Å². The van der Waals surface area contributed by atoms with Crippen LogP contribution in [0.4, 0.5) is 13.2 Å². The molecule has 0 radical (unpaired) electrons. The van der Waals surface area contributed by atoms with Gasteiger partial charge in [0, 0.05) is 42.3 Å². The lowest BCUT2D eigenvalue weighted by molar-refractivity contribution is -0.139. The van der Waals surface area contributed by atoms with Crippen molar-refractivity contribution >= 4 is 5.91 Å². The summed E-state index contributed by atoms with van der Waals surface area (Å²) in [5.74, 6) is 0.0517. The summed E-state index contributed by atoms with van der Waals surface area (Å²) in [5.41, 5.74) is 2.29. The molecule has 0 bridgehead atoms. The number of halogens is 3. The predicted octanol–water partition coefficient (Wildman–Crippen LogP) is 3.52. The number of ether oxygens (including phenoxy) is 1. The lowest BCUT2D eigenvalue weighted by Crippen LogP contribution is -2.27. The molecule has 1 atom stereocenters. The van der Waals surface area contributed by atoms with Crippen LogP contribution < -0.4 is 4.74 Å². The Morgan fingerprint density at radius 3 is 2.72 bits per heavy atom. The lowest BCUT2D eigenvalue weighted by Gasteiger charge is -2.24. The molecule has 0 aromatic carbocycles. The zero-order valence-corrected chi connectivity index (χ0v) is 13.5. The number of fused-ring (bicyclic) bond motifs is 1. The standard InChI is InChI=1S/C17H16F3N3O2/c1-11(23-10-13-8-21-6-4-14(13)16(23)24)12-2-3-15(22-9-12)25-7-5-17(18,19)20/h2-4,6,8-9,11H,5,7,10H2,1H3. The highest BCUT2D eigenvalue weighted by Crippen LogP contribution is 2.30. The fourth-order valence-corrected chi connectivity index (χ4v) is 2.66. The van der Waals surface area contributed by atoms with Crippen LogP contribution in [0.15, 0.2) is 36.8 Å². The van der Waals surface area contributed by atoms with E-state index in [-0.39, 0.29) is 17.8 Å². The molecule has 1 aliphatic heterocycles. The largest absolute Gasteiger partial charge is 0.477 e. The Bertz CT molecular complexity index is 762. The van der Waals surface area contributed by atoms with Gasteiger partial charge >= 0.3 is 6.18 Å². The average molecular weight is 351 g/mol. The van der Waals surface area contributed by atoms with Gasteiger partial charge in [-0.15, -0.1) is 0 Å². The first-order valence-electron chi connectivity index (χ1n) is 7.74. The van der Waals surface area contributed by atoms with Crippen LogP contribution >= 0.6 is 0 Å². The molecular formula is C17H16F3N3O2. The molecule has 3 rings (SSSR count). The van der Waals surface area contributed by atoms with E-state index in [1.165, 1.54) is 12.3 Å². The van der Waals surface area contributed by atoms with Gasteiger partial charge in [-0.1, -0.05) is 6.07 Å². The summed E-state index contributed by atoms with van der Waals surface area (Å²) in [4.78, 5) is 22.2. The van der Waals surface area contributed by atoms with Crippen molar-refractivity contribution in [3.8, 4) is 5.88 Å². The normalized spacial score (nSPS) is 15.2. The number of aromatic nitrogens is 2. The Kier molecular flexibility index (Phi) is 4.61. The maximum Gasteiger partial charge on any atom is 0.392 e. The highest BCUT2D eigenvalue weighted by Gasteiger charge is 2.31. The molecule has 1 unspecified atom stereocenters. The molecule has 0 saturated heterocycles. The van der Waals surface area contributed by atoms with Crippen molar-refractivity contribution < 1.29 is 22.7 Å². The number of alkyl halides is 3. The Morgan fingerprint density at radius 2 is 2.08 bits per heavy atom. The lowest BCUT2D eigenvalue weighted by atomic mass is 10.1. The SMILES string of the molecule is CC(c1ccc(OCCC(F)(F)F)nc1)N1Cc2cnccc2C1=O. The fourth-order valence-electron chi connectivity index (χ4n) is 2.66. The number of hydrogen-bond acceptors (Lipinski definition) is 4. The van der Waals surface area contributed by atoms with E-state index in [4.69, 9.17) is 4.74 Å².